The van der Waals surface area contributed by atoms with Gasteiger partial charge in [0.1, 0.15) is 5.82 Å². The molecule has 0 aromatic heterocycles. The Morgan fingerprint density at radius 3 is 2.38 bits per heavy atom. The van der Waals surface area contributed by atoms with Crippen molar-refractivity contribution in [1.82, 2.24) is 0 Å². The first-order chi connectivity index (χ1) is 10.1. The maximum absolute atomic E-state index is 13.0. The number of nitrogens with zero attached hydrogens (tertiary/aromatic N) is 1. The van der Waals surface area contributed by atoms with E-state index in [1.807, 2.05) is 6.07 Å². The van der Waals surface area contributed by atoms with Gasteiger partial charge in [-0.15, -0.1) is 0 Å². The molecule has 21 heavy (non-hydrogen) atoms. The summed E-state index contributed by atoms with van der Waals surface area (Å²) in [4.78, 5) is 14.9. The lowest BCUT2D eigenvalue weighted by atomic mass is 10.0. The van der Waals surface area contributed by atoms with E-state index in [9.17, 15) is 9.18 Å². The minimum Gasteiger partial charge on any atom is -0.371 e. The molecule has 2 aromatic rings. The fourth-order valence-corrected chi connectivity index (χ4v) is 2.85. The summed E-state index contributed by atoms with van der Waals surface area (Å²) in [6.07, 6.45) is 2.26. The number of carbonyl (C=O) groups is 1. The molecule has 0 amide bonds. The summed E-state index contributed by atoms with van der Waals surface area (Å²) in [6.45, 7) is 1.90. The molecule has 1 aliphatic rings. The third kappa shape index (κ3) is 2.93. The molecule has 0 saturated carbocycles. The lowest BCUT2D eigenvalue weighted by molar-refractivity contribution is 0.103. The van der Waals surface area contributed by atoms with Crippen molar-refractivity contribution in [3.8, 4) is 0 Å². The van der Waals surface area contributed by atoms with Crippen molar-refractivity contribution in [2.45, 2.75) is 12.8 Å². The Morgan fingerprint density at radius 1 is 1.05 bits per heavy atom. The highest BCUT2D eigenvalue weighted by Crippen LogP contribution is 2.29. The first-order valence-corrected chi connectivity index (χ1v) is 7.38. The van der Waals surface area contributed by atoms with Crippen LogP contribution < -0.4 is 4.90 Å². The second-order valence-electron chi connectivity index (χ2n) is 5.19. The summed E-state index contributed by atoms with van der Waals surface area (Å²) in [5.74, 6) is -0.475. The SMILES string of the molecule is O=C(c1ccc(F)cc1)c1cc(Cl)ccc1N1CCCC1. The van der Waals surface area contributed by atoms with Gasteiger partial charge in [-0.2, -0.15) is 0 Å². The number of halogens is 2. The van der Waals surface area contributed by atoms with E-state index in [-0.39, 0.29) is 11.6 Å². The van der Waals surface area contributed by atoms with Gasteiger partial charge < -0.3 is 4.90 Å². The van der Waals surface area contributed by atoms with Gasteiger partial charge in [-0.3, -0.25) is 4.79 Å². The van der Waals surface area contributed by atoms with Crippen LogP contribution in [0.3, 0.4) is 0 Å². The molecule has 1 fully saturated rings. The van der Waals surface area contributed by atoms with E-state index in [1.54, 1.807) is 12.1 Å². The average Bonchev–Trinajstić information content (AvgIpc) is 3.01. The van der Waals surface area contributed by atoms with Crippen LogP contribution in [0.25, 0.3) is 0 Å². The topological polar surface area (TPSA) is 20.3 Å². The molecule has 0 atom stereocenters. The fourth-order valence-electron chi connectivity index (χ4n) is 2.68. The fraction of sp³-hybridized carbons (Fsp3) is 0.235. The van der Waals surface area contributed by atoms with E-state index in [0.29, 0.717) is 16.1 Å². The Morgan fingerprint density at radius 2 is 1.71 bits per heavy atom. The predicted molar refractivity (Wildman–Crippen MR) is 82.7 cm³/mol. The predicted octanol–water partition coefficient (Wildman–Crippen LogP) is 4.31. The molecule has 2 aromatic carbocycles. The molecule has 0 radical (unpaired) electrons. The van der Waals surface area contributed by atoms with Gasteiger partial charge >= 0.3 is 0 Å². The summed E-state index contributed by atoms with van der Waals surface area (Å²) in [5, 5.41) is 0.531. The lowest BCUT2D eigenvalue weighted by Gasteiger charge is -2.21. The average molecular weight is 304 g/mol. The van der Waals surface area contributed by atoms with Crippen molar-refractivity contribution in [3.05, 3.63) is 64.4 Å². The molecule has 108 valence electrons. The number of rotatable bonds is 3. The van der Waals surface area contributed by atoms with Crippen LogP contribution in [0.5, 0.6) is 0 Å². The van der Waals surface area contributed by atoms with Crippen LogP contribution in [0, 0.1) is 5.82 Å². The maximum Gasteiger partial charge on any atom is 0.195 e. The van der Waals surface area contributed by atoms with Crippen LogP contribution in [-0.2, 0) is 0 Å². The molecule has 0 unspecified atom stereocenters. The largest absolute Gasteiger partial charge is 0.371 e. The van der Waals surface area contributed by atoms with Crippen molar-refractivity contribution < 1.29 is 9.18 Å². The molecular formula is C17H15ClFNO. The zero-order valence-electron chi connectivity index (χ0n) is 11.5. The smallest absolute Gasteiger partial charge is 0.195 e. The van der Waals surface area contributed by atoms with Gasteiger partial charge in [-0.05, 0) is 55.3 Å². The molecule has 4 heteroatoms. The zero-order chi connectivity index (χ0) is 14.8. The van der Waals surface area contributed by atoms with Crippen molar-refractivity contribution in [1.29, 1.82) is 0 Å². The van der Waals surface area contributed by atoms with Crippen molar-refractivity contribution in [2.75, 3.05) is 18.0 Å². The molecule has 1 aliphatic heterocycles. The Balaban J connectivity index is 2.01. The third-order valence-corrected chi connectivity index (χ3v) is 3.99. The van der Waals surface area contributed by atoms with Crippen LogP contribution in [0.4, 0.5) is 10.1 Å². The monoisotopic (exact) mass is 303 g/mol. The highest BCUT2D eigenvalue weighted by molar-refractivity contribution is 6.31. The molecule has 2 nitrogen and oxygen atoms in total. The Labute approximate surface area is 128 Å². The number of hydrogen-bond donors (Lipinski definition) is 0. The molecule has 3 rings (SSSR count). The van der Waals surface area contributed by atoms with Crippen molar-refractivity contribution in [2.24, 2.45) is 0 Å². The highest BCUT2D eigenvalue weighted by Gasteiger charge is 2.20. The summed E-state index contributed by atoms with van der Waals surface area (Å²) in [7, 11) is 0. The van der Waals surface area contributed by atoms with Crippen molar-refractivity contribution in [3.63, 3.8) is 0 Å². The van der Waals surface area contributed by atoms with Crippen LogP contribution in [0.2, 0.25) is 5.02 Å². The molecular weight excluding hydrogens is 289 g/mol. The van der Waals surface area contributed by atoms with E-state index in [2.05, 4.69) is 4.90 Å². The number of ketones is 1. The lowest BCUT2D eigenvalue weighted by Crippen LogP contribution is -2.20. The summed E-state index contributed by atoms with van der Waals surface area (Å²) in [6, 6.07) is 11.0. The molecule has 0 aliphatic carbocycles. The van der Waals surface area contributed by atoms with E-state index in [0.717, 1.165) is 31.6 Å². The first-order valence-electron chi connectivity index (χ1n) is 7.00. The molecule has 0 spiro atoms. The van der Waals surface area contributed by atoms with Crippen molar-refractivity contribution >= 4 is 23.1 Å². The molecule has 1 saturated heterocycles. The van der Waals surface area contributed by atoms with Gasteiger partial charge in [0, 0.05) is 34.9 Å². The van der Waals surface area contributed by atoms with Gasteiger partial charge in [-0.1, -0.05) is 11.6 Å². The number of hydrogen-bond acceptors (Lipinski definition) is 2. The summed E-state index contributed by atoms with van der Waals surface area (Å²) in [5.41, 5.74) is 1.96. The molecule has 0 N–H and O–H groups in total. The summed E-state index contributed by atoms with van der Waals surface area (Å²) >= 11 is 6.05. The Hall–Kier alpha value is -1.87. The first kappa shape index (κ1) is 14.1. The van der Waals surface area contributed by atoms with Gasteiger partial charge in [0.2, 0.25) is 0 Å². The second kappa shape index (κ2) is 5.86. The van der Waals surface area contributed by atoms with Gasteiger partial charge in [-0.25, -0.2) is 4.39 Å². The van der Waals surface area contributed by atoms with Gasteiger partial charge in [0.15, 0.2) is 5.78 Å². The van der Waals surface area contributed by atoms with Gasteiger partial charge in [0.25, 0.3) is 0 Å². The standard InChI is InChI=1S/C17H15ClFNO/c18-13-5-8-16(20-9-1-2-10-20)15(11-13)17(21)12-3-6-14(19)7-4-12/h3-8,11H,1-2,9-10H2. The second-order valence-corrected chi connectivity index (χ2v) is 5.63. The van der Waals surface area contributed by atoms with Crippen LogP contribution in [0.15, 0.2) is 42.5 Å². The number of anilines is 1. The Kier molecular flexibility index (Phi) is 3.93. The van der Waals surface area contributed by atoms with Crippen LogP contribution >= 0.6 is 11.6 Å². The maximum atomic E-state index is 13.0. The van der Waals surface area contributed by atoms with E-state index in [1.165, 1.54) is 24.3 Å². The van der Waals surface area contributed by atoms with E-state index in [4.69, 9.17) is 11.6 Å². The third-order valence-electron chi connectivity index (χ3n) is 3.76. The molecule has 1 heterocycles. The minimum absolute atomic E-state index is 0.126. The van der Waals surface area contributed by atoms with Gasteiger partial charge in [0.05, 0.1) is 0 Å². The van der Waals surface area contributed by atoms with E-state index < -0.39 is 0 Å². The van der Waals surface area contributed by atoms with E-state index >= 15 is 0 Å². The zero-order valence-corrected chi connectivity index (χ0v) is 12.2. The van der Waals surface area contributed by atoms with Crippen LogP contribution in [0.1, 0.15) is 28.8 Å². The minimum atomic E-state index is -0.350. The number of benzene rings is 2. The number of carbonyl (C=O) groups excluding carboxylic acids is 1. The molecule has 0 bridgehead atoms. The normalized spacial score (nSPS) is 14.5. The quantitative estimate of drug-likeness (QED) is 0.788. The van der Waals surface area contributed by atoms with Crippen LogP contribution in [-0.4, -0.2) is 18.9 Å². The Bertz CT molecular complexity index is 663. The highest BCUT2D eigenvalue weighted by atomic mass is 35.5. The summed E-state index contributed by atoms with van der Waals surface area (Å²) < 4.78 is 13.0.